The van der Waals surface area contributed by atoms with Crippen LogP contribution in [0.3, 0.4) is 0 Å². The number of hydrogen-bond acceptors (Lipinski definition) is 4. The SMILES string of the molecule is CC(C)[C@@H](NS(=O)(=O)N(C)C)C(=O)NCc1cccnc1. The van der Waals surface area contributed by atoms with E-state index >= 15 is 0 Å². The van der Waals surface area contributed by atoms with Crippen molar-refractivity contribution < 1.29 is 13.2 Å². The molecule has 0 saturated carbocycles. The number of carbonyl (C=O) groups is 1. The van der Waals surface area contributed by atoms with Gasteiger partial charge in [0.15, 0.2) is 0 Å². The van der Waals surface area contributed by atoms with Crippen LogP contribution in [0.25, 0.3) is 0 Å². The first-order chi connectivity index (χ1) is 9.74. The fraction of sp³-hybridized carbons (Fsp3) is 0.538. The normalized spacial score (nSPS) is 13.4. The van der Waals surface area contributed by atoms with Crippen molar-refractivity contribution in [3.8, 4) is 0 Å². The van der Waals surface area contributed by atoms with Crippen molar-refractivity contribution in [2.75, 3.05) is 14.1 Å². The first kappa shape index (κ1) is 17.5. The molecule has 2 N–H and O–H groups in total. The van der Waals surface area contributed by atoms with Crippen LogP contribution >= 0.6 is 0 Å². The molecule has 1 heterocycles. The van der Waals surface area contributed by atoms with Crippen LogP contribution in [0.4, 0.5) is 0 Å². The minimum atomic E-state index is -3.66. The molecule has 0 saturated heterocycles. The molecule has 1 rings (SSSR count). The summed E-state index contributed by atoms with van der Waals surface area (Å²) in [6.45, 7) is 3.87. The van der Waals surface area contributed by atoms with E-state index in [1.54, 1.807) is 32.3 Å². The van der Waals surface area contributed by atoms with Crippen LogP contribution < -0.4 is 10.0 Å². The number of rotatable bonds is 7. The molecule has 0 aliphatic heterocycles. The van der Waals surface area contributed by atoms with E-state index in [1.807, 2.05) is 6.07 Å². The molecular weight excluding hydrogens is 292 g/mol. The topological polar surface area (TPSA) is 91.4 Å². The van der Waals surface area contributed by atoms with Crippen molar-refractivity contribution >= 4 is 16.1 Å². The summed E-state index contributed by atoms with van der Waals surface area (Å²) in [5, 5.41) is 2.72. The quantitative estimate of drug-likeness (QED) is 0.748. The fourth-order valence-corrected chi connectivity index (χ4v) is 2.47. The lowest BCUT2D eigenvalue weighted by Gasteiger charge is -2.23. The summed E-state index contributed by atoms with van der Waals surface area (Å²) in [6.07, 6.45) is 3.29. The Balaban J connectivity index is 2.70. The highest BCUT2D eigenvalue weighted by molar-refractivity contribution is 7.87. The fourth-order valence-electron chi connectivity index (χ4n) is 1.56. The predicted molar refractivity (Wildman–Crippen MR) is 80.5 cm³/mol. The molecule has 0 aliphatic carbocycles. The third kappa shape index (κ3) is 5.41. The van der Waals surface area contributed by atoms with Crippen LogP contribution in [0.2, 0.25) is 0 Å². The average Bonchev–Trinajstić information content (AvgIpc) is 2.43. The largest absolute Gasteiger partial charge is 0.351 e. The minimum absolute atomic E-state index is 0.173. The van der Waals surface area contributed by atoms with E-state index < -0.39 is 16.3 Å². The summed E-state index contributed by atoms with van der Waals surface area (Å²) in [7, 11) is -0.840. The lowest BCUT2D eigenvalue weighted by molar-refractivity contribution is -0.123. The number of aromatic nitrogens is 1. The highest BCUT2D eigenvalue weighted by Gasteiger charge is 2.28. The van der Waals surface area contributed by atoms with Gasteiger partial charge >= 0.3 is 0 Å². The number of nitrogens with zero attached hydrogens (tertiary/aromatic N) is 2. The van der Waals surface area contributed by atoms with E-state index in [0.717, 1.165) is 9.87 Å². The van der Waals surface area contributed by atoms with Crippen LogP contribution in [0.1, 0.15) is 19.4 Å². The zero-order chi connectivity index (χ0) is 16.0. The van der Waals surface area contributed by atoms with E-state index in [1.165, 1.54) is 14.1 Å². The summed E-state index contributed by atoms with van der Waals surface area (Å²) < 4.78 is 27.1. The molecule has 1 amide bonds. The Kier molecular flexibility index (Phi) is 6.25. The lowest BCUT2D eigenvalue weighted by Crippen LogP contribution is -2.52. The average molecular weight is 314 g/mol. The van der Waals surface area contributed by atoms with Gasteiger partial charge in [-0.05, 0) is 17.5 Å². The third-order valence-electron chi connectivity index (χ3n) is 2.90. The second kappa shape index (κ2) is 7.48. The molecular formula is C13H22N4O3S. The Morgan fingerprint density at radius 2 is 2.05 bits per heavy atom. The van der Waals surface area contributed by atoms with E-state index in [9.17, 15) is 13.2 Å². The zero-order valence-electron chi connectivity index (χ0n) is 12.7. The molecule has 0 radical (unpaired) electrons. The minimum Gasteiger partial charge on any atom is -0.351 e. The standard InChI is InChI=1S/C13H22N4O3S/c1-10(2)12(16-21(19,20)17(3)4)13(18)15-9-11-6-5-7-14-8-11/h5-8,10,12,16H,9H2,1-4H3,(H,15,18)/t12-/m1/s1. The van der Waals surface area contributed by atoms with Crippen LogP contribution in [-0.2, 0) is 21.5 Å². The Labute approximate surface area is 125 Å². The van der Waals surface area contributed by atoms with Gasteiger partial charge in [-0.15, -0.1) is 0 Å². The van der Waals surface area contributed by atoms with Crippen molar-refractivity contribution in [1.29, 1.82) is 0 Å². The van der Waals surface area contributed by atoms with Crippen molar-refractivity contribution in [2.24, 2.45) is 5.92 Å². The van der Waals surface area contributed by atoms with E-state index in [0.29, 0.717) is 6.54 Å². The molecule has 0 unspecified atom stereocenters. The van der Waals surface area contributed by atoms with Gasteiger partial charge in [-0.3, -0.25) is 9.78 Å². The van der Waals surface area contributed by atoms with Gasteiger partial charge in [0.25, 0.3) is 10.2 Å². The molecule has 118 valence electrons. The monoisotopic (exact) mass is 314 g/mol. The maximum Gasteiger partial charge on any atom is 0.279 e. The number of hydrogen-bond donors (Lipinski definition) is 2. The number of nitrogens with one attached hydrogen (secondary N) is 2. The lowest BCUT2D eigenvalue weighted by atomic mass is 10.0. The molecule has 7 nitrogen and oxygen atoms in total. The van der Waals surface area contributed by atoms with Crippen molar-refractivity contribution in [2.45, 2.75) is 26.4 Å². The summed E-state index contributed by atoms with van der Waals surface area (Å²) >= 11 is 0. The Morgan fingerprint density at radius 1 is 1.38 bits per heavy atom. The van der Waals surface area contributed by atoms with E-state index in [2.05, 4.69) is 15.0 Å². The molecule has 1 atom stereocenters. The van der Waals surface area contributed by atoms with Crippen LogP contribution in [0, 0.1) is 5.92 Å². The number of carbonyl (C=O) groups excluding carboxylic acids is 1. The van der Waals surface area contributed by atoms with E-state index in [4.69, 9.17) is 0 Å². The Morgan fingerprint density at radius 3 is 2.52 bits per heavy atom. The summed E-state index contributed by atoms with van der Waals surface area (Å²) in [6, 6.07) is 2.78. The van der Waals surface area contributed by atoms with E-state index in [-0.39, 0.29) is 11.8 Å². The van der Waals surface area contributed by atoms with Gasteiger partial charge in [0.2, 0.25) is 5.91 Å². The van der Waals surface area contributed by atoms with Gasteiger partial charge in [-0.1, -0.05) is 19.9 Å². The summed E-state index contributed by atoms with van der Waals surface area (Å²) in [4.78, 5) is 16.1. The molecule has 0 aromatic carbocycles. The highest BCUT2D eigenvalue weighted by atomic mass is 32.2. The van der Waals surface area contributed by atoms with Gasteiger partial charge in [-0.25, -0.2) is 0 Å². The zero-order valence-corrected chi connectivity index (χ0v) is 13.5. The molecule has 0 aliphatic rings. The molecule has 0 spiro atoms. The van der Waals surface area contributed by atoms with Crippen LogP contribution in [-0.4, -0.2) is 43.8 Å². The maximum atomic E-state index is 12.2. The summed E-state index contributed by atoms with van der Waals surface area (Å²) in [5.74, 6) is -0.534. The van der Waals surface area contributed by atoms with Crippen LogP contribution in [0.15, 0.2) is 24.5 Å². The maximum absolute atomic E-state index is 12.2. The van der Waals surface area contributed by atoms with Crippen molar-refractivity contribution in [3.63, 3.8) is 0 Å². The van der Waals surface area contributed by atoms with Gasteiger partial charge in [0, 0.05) is 33.0 Å². The van der Waals surface area contributed by atoms with Gasteiger partial charge in [0.05, 0.1) is 0 Å². The second-order valence-corrected chi connectivity index (χ2v) is 7.12. The van der Waals surface area contributed by atoms with Crippen molar-refractivity contribution in [1.82, 2.24) is 19.3 Å². The molecule has 0 bridgehead atoms. The first-order valence-electron chi connectivity index (χ1n) is 6.60. The van der Waals surface area contributed by atoms with Gasteiger partial charge in [-0.2, -0.15) is 17.4 Å². The number of amides is 1. The smallest absolute Gasteiger partial charge is 0.279 e. The van der Waals surface area contributed by atoms with Gasteiger partial charge < -0.3 is 5.32 Å². The number of pyridine rings is 1. The molecule has 1 aromatic heterocycles. The predicted octanol–water partition coefficient (Wildman–Crippen LogP) is 0.118. The van der Waals surface area contributed by atoms with Gasteiger partial charge in [0.1, 0.15) is 6.04 Å². The third-order valence-corrected chi connectivity index (χ3v) is 4.41. The molecule has 21 heavy (non-hydrogen) atoms. The molecule has 8 heteroatoms. The Hall–Kier alpha value is -1.51. The Bertz CT molecular complexity index is 558. The first-order valence-corrected chi connectivity index (χ1v) is 8.04. The van der Waals surface area contributed by atoms with Crippen LogP contribution in [0.5, 0.6) is 0 Å². The second-order valence-electron chi connectivity index (χ2n) is 5.21. The summed E-state index contributed by atoms with van der Waals surface area (Å²) in [5.41, 5.74) is 0.851. The highest BCUT2D eigenvalue weighted by Crippen LogP contribution is 2.05. The molecule has 0 fully saturated rings. The van der Waals surface area contributed by atoms with Crippen molar-refractivity contribution in [3.05, 3.63) is 30.1 Å². The molecule has 1 aromatic rings.